The van der Waals surface area contributed by atoms with Gasteiger partial charge in [0.2, 0.25) is 0 Å². The average molecular weight is 551 g/mol. The van der Waals surface area contributed by atoms with Gasteiger partial charge in [-0.1, -0.05) is 6.07 Å². The molecule has 1 aromatic carbocycles. The Hall–Kier alpha value is -0.910. The summed E-state index contributed by atoms with van der Waals surface area (Å²) in [5, 5.41) is 7.02. The molecule has 1 aromatic rings. The van der Waals surface area contributed by atoms with E-state index in [4.69, 9.17) is 14.2 Å². The number of aliphatic imine (C=N–C) groups is 1. The molecule has 7 nitrogen and oxygen atoms in total. The topological polar surface area (TPSA) is 67.4 Å². The smallest absolute Gasteiger partial charge is 0.191 e. The highest BCUT2D eigenvalue weighted by atomic mass is 127. The van der Waals surface area contributed by atoms with Crippen LogP contribution in [0.5, 0.6) is 11.5 Å². The molecule has 0 radical (unpaired) electrons. The fraction of sp³-hybridized carbons (Fsp3) is 0.667. The third-order valence-electron chi connectivity index (χ3n) is 5.73. The highest BCUT2D eigenvalue weighted by Crippen LogP contribution is 2.33. The van der Waals surface area contributed by atoms with Crippen molar-refractivity contribution < 1.29 is 14.2 Å². The fourth-order valence-electron chi connectivity index (χ4n) is 3.97. The number of hydrogen-bond acceptors (Lipinski definition) is 6. The Morgan fingerprint density at radius 3 is 2.60 bits per heavy atom. The molecule has 0 aliphatic carbocycles. The van der Waals surface area contributed by atoms with Gasteiger partial charge in [0.15, 0.2) is 17.5 Å². The minimum atomic E-state index is 0. The zero-order chi connectivity index (χ0) is 20.5. The van der Waals surface area contributed by atoms with Crippen molar-refractivity contribution in [2.75, 3.05) is 72.2 Å². The molecule has 9 heteroatoms. The molecule has 0 spiro atoms. The molecule has 170 valence electrons. The van der Waals surface area contributed by atoms with Gasteiger partial charge in [-0.2, -0.15) is 11.8 Å². The Balaban J connectivity index is 0.00000320. The summed E-state index contributed by atoms with van der Waals surface area (Å²) >= 11 is 2.05. The number of halogens is 1. The first-order valence-electron chi connectivity index (χ1n) is 10.3. The van der Waals surface area contributed by atoms with Crippen LogP contribution in [0.25, 0.3) is 0 Å². The van der Waals surface area contributed by atoms with Gasteiger partial charge in [0, 0.05) is 44.5 Å². The van der Waals surface area contributed by atoms with E-state index >= 15 is 0 Å². The Kier molecular flexibility index (Phi) is 10.8. The summed E-state index contributed by atoms with van der Waals surface area (Å²) in [6.45, 7) is 5.43. The quantitative estimate of drug-likeness (QED) is 0.293. The van der Waals surface area contributed by atoms with E-state index in [2.05, 4.69) is 38.4 Å². The zero-order valence-corrected chi connectivity index (χ0v) is 21.4. The Labute approximate surface area is 201 Å². The molecule has 0 amide bonds. The van der Waals surface area contributed by atoms with Crippen molar-refractivity contribution in [2.45, 2.75) is 18.4 Å². The van der Waals surface area contributed by atoms with Crippen molar-refractivity contribution >= 4 is 41.7 Å². The van der Waals surface area contributed by atoms with Crippen LogP contribution in [0.2, 0.25) is 0 Å². The van der Waals surface area contributed by atoms with Crippen LogP contribution in [-0.2, 0) is 11.2 Å². The molecular weight excluding hydrogens is 515 g/mol. The van der Waals surface area contributed by atoms with Crippen molar-refractivity contribution in [3.63, 3.8) is 0 Å². The number of nitrogens with zero attached hydrogens (tertiary/aromatic N) is 2. The lowest BCUT2D eigenvalue weighted by atomic mass is 9.95. The van der Waals surface area contributed by atoms with E-state index in [9.17, 15) is 0 Å². The maximum atomic E-state index is 5.56. The first-order valence-corrected chi connectivity index (χ1v) is 11.4. The lowest BCUT2D eigenvalue weighted by Crippen LogP contribution is -2.60. The SMILES string of the molecule is CN=C(NCCc1ccc(OC)c(OC)c1)NCC1(N2CCOCC2)CCSC1.I. The normalized spacial score (nSPS) is 22.3. The molecule has 30 heavy (non-hydrogen) atoms. The van der Waals surface area contributed by atoms with Crippen LogP contribution in [-0.4, -0.2) is 88.6 Å². The number of ether oxygens (including phenoxy) is 3. The van der Waals surface area contributed by atoms with E-state index in [1.807, 2.05) is 19.2 Å². The molecule has 2 saturated heterocycles. The zero-order valence-electron chi connectivity index (χ0n) is 18.2. The van der Waals surface area contributed by atoms with Gasteiger partial charge in [-0.25, -0.2) is 0 Å². The number of guanidine groups is 1. The second-order valence-corrected chi connectivity index (χ2v) is 8.52. The van der Waals surface area contributed by atoms with Crippen molar-refractivity contribution in [3.05, 3.63) is 23.8 Å². The summed E-state index contributed by atoms with van der Waals surface area (Å²) in [5.41, 5.74) is 1.40. The summed E-state index contributed by atoms with van der Waals surface area (Å²) < 4.78 is 16.3. The third kappa shape index (κ3) is 6.54. The monoisotopic (exact) mass is 550 g/mol. The number of rotatable bonds is 8. The van der Waals surface area contributed by atoms with Gasteiger partial charge in [-0.3, -0.25) is 9.89 Å². The molecule has 2 aliphatic heterocycles. The average Bonchev–Trinajstić information content (AvgIpc) is 3.26. The number of morpholine rings is 1. The van der Waals surface area contributed by atoms with Crippen LogP contribution in [0.15, 0.2) is 23.2 Å². The van der Waals surface area contributed by atoms with E-state index in [1.165, 1.54) is 23.5 Å². The number of thioether (sulfide) groups is 1. The Morgan fingerprint density at radius 1 is 1.20 bits per heavy atom. The molecule has 0 bridgehead atoms. The molecule has 1 atom stereocenters. The summed E-state index contributed by atoms with van der Waals surface area (Å²) in [5.74, 6) is 4.77. The summed E-state index contributed by atoms with van der Waals surface area (Å²) in [6, 6.07) is 6.05. The standard InChI is InChI=1S/C21H34N4O3S.HI/c1-22-20(23-8-6-17-4-5-18(26-2)19(14-17)27-3)24-15-21(7-13-29-16-21)25-9-11-28-12-10-25;/h4-5,14H,6-13,15-16H2,1-3H3,(H2,22,23,24);1H. The highest BCUT2D eigenvalue weighted by Gasteiger charge is 2.40. The van der Waals surface area contributed by atoms with E-state index in [1.54, 1.807) is 14.2 Å². The molecule has 0 saturated carbocycles. The van der Waals surface area contributed by atoms with Crippen LogP contribution in [0.1, 0.15) is 12.0 Å². The van der Waals surface area contributed by atoms with Crippen LogP contribution < -0.4 is 20.1 Å². The van der Waals surface area contributed by atoms with Crippen molar-refractivity contribution in [3.8, 4) is 11.5 Å². The predicted octanol–water partition coefficient (Wildman–Crippen LogP) is 2.24. The van der Waals surface area contributed by atoms with Gasteiger partial charge >= 0.3 is 0 Å². The Bertz CT molecular complexity index is 680. The number of nitrogens with one attached hydrogen (secondary N) is 2. The van der Waals surface area contributed by atoms with E-state index in [0.717, 1.165) is 63.3 Å². The van der Waals surface area contributed by atoms with E-state index in [0.29, 0.717) is 0 Å². The van der Waals surface area contributed by atoms with Gasteiger partial charge in [-0.05, 0) is 36.3 Å². The third-order valence-corrected chi connectivity index (χ3v) is 6.96. The second kappa shape index (κ2) is 12.8. The fourth-order valence-corrected chi connectivity index (χ4v) is 5.44. The maximum absolute atomic E-state index is 5.56. The largest absolute Gasteiger partial charge is 0.493 e. The summed E-state index contributed by atoms with van der Waals surface area (Å²) in [6.07, 6.45) is 2.10. The number of hydrogen-bond donors (Lipinski definition) is 2. The molecule has 0 aromatic heterocycles. The highest BCUT2D eigenvalue weighted by molar-refractivity contribution is 14.0. The van der Waals surface area contributed by atoms with Gasteiger partial charge in [0.1, 0.15) is 0 Å². The lowest BCUT2D eigenvalue weighted by Gasteiger charge is -2.43. The first-order chi connectivity index (χ1) is 14.2. The van der Waals surface area contributed by atoms with Gasteiger partial charge in [0.25, 0.3) is 0 Å². The predicted molar refractivity (Wildman–Crippen MR) is 135 cm³/mol. The first kappa shape index (κ1) is 25.4. The lowest BCUT2D eigenvalue weighted by molar-refractivity contribution is -0.0120. The number of methoxy groups -OCH3 is 2. The maximum Gasteiger partial charge on any atom is 0.191 e. The second-order valence-electron chi connectivity index (χ2n) is 7.42. The molecule has 2 aliphatic rings. The molecule has 1 unspecified atom stereocenters. The number of benzene rings is 1. The minimum Gasteiger partial charge on any atom is -0.493 e. The van der Waals surface area contributed by atoms with E-state index < -0.39 is 0 Å². The summed E-state index contributed by atoms with van der Waals surface area (Å²) in [4.78, 5) is 7.03. The van der Waals surface area contributed by atoms with Gasteiger partial charge < -0.3 is 24.8 Å². The molecule has 2 N–H and O–H groups in total. The molecular formula is C21H35IN4O3S. The van der Waals surface area contributed by atoms with Crippen LogP contribution in [0.4, 0.5) is 0 Å². The van der Waals surface area contributed by atoms with Crippen LogP contribution >= 0.6 is 35.7 Å². The molecule has 2 heterocycles. The van der Waals surface area contributed by atoms with Crippen molar-refractivity contribution in [1.82, 2.24) is 15.5 Å². The minimum absolute atomic E-state index is 0. The molecule has 3 rings (SSSR count). The van der Waals surface area contributed by atoms with Crippen molar-refractivity contribution in [2.24, 2.45) is 4.99 Å². The van der Waals surface area contributed by atoms with Crippen molar-refractivity contribution in [1.29, 1.82) is 0 Å². The summed E-state index contributed by atoms with van der Waals surface area (Å²) in [7, 11) is 5.15. The molecule has 2 fully saturated rings. The van der Waals surface area contributed by atoms with Crippen LogP contribution in [0, 0.1) is 0 Å². The van der Waals surface area contributed by atoms with Crippen LogP contribution in [0.3, 0.4) is 0 Å². The Morgan fingerprint density at radius 2 is 1.97 bits per heavy atom. The van der Waals surface area contributed by atoms with E-state index in [-0.39, 0.29) is 29.5 Å². The van der Waals surface area contributed by atoms with Gasteiger partial charge in [0.05, 0.1) is 27.4 Å². The van der Waals surface area contributed by atoms with Gasteiger partial charge in [-0.15, -0.1) is 24.0 Å².